The van der Waals surface area contributed by atoms with Gasteiger partial charge in [-0.3, -0.25) is 19.1 Å². The minimum atomic E-state index is -0.816. The molecule has 3 heterocycles. The molecule has 0 aromatic carbocycles. The van der Waals surface area contributed by atoms with Gasteiger partial charge < -0.3 is 19.3 Å². The van der Waals surface area contributed by atoms with E-state index in [4.69, 9.17) is 9.47 Å². The van der Waals surface area contributed by atoms with E-state index in [0.717, 1.165) is 0 Å². The number of hydrogen-bond donors (Lipinski definition) is 1. The first kappa shape index (κ1) is 17.3. The molecule has 1 aromatic rings. The van der Waals surface area contributed by atoms with E-state index >= 15 is 0 Å². The topological polar surface area (TPSA) is 120 Å². The average molecular weight is 369 g/mol. The third-order valence-electron chi connectivity index (χ3n) is 3.67. The van der Waals surface area contributed by atoms with E-state index < -0.39 is 30.0 Å². The number of ether oxygens (including phenoxy) is 3. The molecule has 2 atom stereocenters. The quantitative estimate of drug-likeness (QED) is 0.406. The average Bonchev–Trinajstić information content (AvgIpc) is 3.17. The summed E-state index contributed by atoms with van der Waals surface area (Å²) in [7, 11) is 1.45. The molecule has 0 bridgehead atoms. The number of methoxy groups -OCH3 is 1. The summed E-state index contributed by atoms with van der Waals surface area (Å²) in [5.74, 6) is -2.05. The van der Waals surface area contributed by atoms with Crippen molar-refractivity contribution in [2.45, 2.75) is 12.3 Å². The summed E-state index contributed by atoms with van der Waals surface area (Å²) in [5, 5.41) is 9.35. The monoisotopic (exact) mass is 369 g/mol. The number of esters is 2. The van der Waals surface area contributed by atoms with E-state index in [2.05, 4.69) is 9.72 Å². The molecule has 134 valence electrons. The third-order valence-corrected chi connectivity index (χ3v) is 5.08. The first-order valence-corrected chi connectivity index (χ1v) is 8.09. The van der Waals surface area contributed by atoms with E-state index in [-0.39, 0.29) is 18.2 Å². The van der Waals surface area contributed by atoms with Crippen LogP contribution in [0.3, 0.4) is 0 Å². The summed E-state index contributed by atoms with van der Waals surface area (Å²) >= 11 is 1.23. The summed E-state index contributed by atoms with van der Waals surface area (Å²) in [6.45, 7) is 0.310. The number of carbonyl (C=O) groups excluding carboxylic acids is 3. The van der Waals surface area contributed by atoms with Crippen molar-refractivity contribution in [1.29, 1.82) is 0 Å². The molecule has 1 saturated heterocycles. The number of aliphatic hydroxyl groups excluding tert-OH is 1. The summed E-state index contributed by atoms with van der Waals surface area (Å²) in [4.78, 5) is 40.7. The minimum Gasteiger partial charge on any atom is -0.480 e. The van der Waals surface area contributed by atoms with Gasteiger partial charge in [-0.05, 0) is 0 Å². The number of aliphatic hydroxyl groups is 1. The first-order valence-electron chi connectivity index (χ1n) is 7.21. The van der Waals surface area contributed by atoms with Gasteiger partial charge in [0, 0.05) is 6.92 Å². The molecule has 1 fully saturated rings. The number of nitrogens with zero attached hydrogens (tertiary/aromatic N) is 3. The fourth-order valence-corrected chi connectivity index (χ4v) is 3.89. The third kappa shape index (κ3) is 2.96. The molecular weight excluding hydrogens is 354 g/mol. The summed E-state index contributed by atoms with van der Waals surface area (Å²) in [6.07, 6.45) is 2.98. The Labute approximate surface area is 146 Å². The Kier molecular flexibility index (Phi) is 4.68. The highest BCUT2D eigenvalue weighted by Gasteiger charge is 2.56. The van der Waals surface area contributed by atoms with Crippen LogP contribution in [0.5, 0.6) is 5.88 Å². The second-order valence-electron chi connectivity index (χ2n) is 5.17. The maximum absolute atomic E-state index is 12.4. The lowest BCUT2D eigenvalue weighted by molar-refractivity contribution is -0.167. The number of aromatic nitrogens is 2. The summed E-state index contributed by atoms with van der Waals surface area (Å²) in [5.41, 5.74) is 0.0110. The van der Waals surface area contributed by atoms with Gasteiger partial charge in [-0.25, -0.2) is 9.78 Å². The Bertz CT molecular complexity index is 759. The van der Waals surface area contributed by atoms with E-state index in [1.807, 2.05) is 0 Å². The van der Waals surface area contributed by atoms with Gasteiger partial charge in [0.05, 0.1) is 25.8 Å². The number of imidazole rings is 1. The van der Waals surface area contributed by atoms with Crippen LogP contribution in [-0.4, -0.2) is 63.3 Å². The van der Waals surface area contributed by atoms with E-state index in [1.54, 1.807) is 6.20 Å². The van der Waals surface area contributed by atoms with Crippen LogP contribution in [0.4, 0.5) is 0 Å². The smallest absolute Gasteiger partial charge is 0.360 e. The van der Waals surface area contributed by atoms with Gasteiger partial charge in [-0.1, -0.05) is 11.8 Å². The van der Waals surface area contributed by atoms with Crippen LogP contribution in [0.1, 0.15) is 6.92 Å². The fourth-order valence-electron chi connectivity index (χ4n) is 2.46. The Balaban J connectivity index is 1.89. The van der Waals surface area contributed by atoms with Crippen LogP contribution >= 0.6 is 11.8 Å². The molecule has 0 saturated carbocycles. The van der Waals surface area contributed by atoms with Crippen LogP contribution < -0.4 is 4.74 Å². The maximum atomic E-state index is 12.4. The van der Waals surface area contributed by atoms with Crippen molar-refractivity contribution < 1.29 is 33.7 Å². The van der Waals surface area contributed by atoms with Crippen LogP contribution in [0.15, 0.2) is 18.2 Å². The summed E-state index contributed by atoms with van der Waals surface area (Å²) < 4.78 is 16.1. The number of thioether (sulfide) groups is 1. The molecule has 2 aliphatic rings. The number of carbonyl (C=O) groups is 3. The summed E-state index contributed by atoms with van der Waals surface area (Å²) in [6, 6.07) is 0. The molecule has 0 aliphatic carbocycles. The molecule has 0 radical (unpaired) electrons. The highest BCUT2D eigenvalue weighted by Crippen LogP contribution is 2.51. The Morgan fingerprint density at radius 2 is 2.16 bits per heavy atom. The molecule has 1 amide bonds. The van der Waals surface area contributed by atoms with Crippen molar-refractivity contribution in [2.24, 2.45) is 5.92 Å². The fraction of sp³-hybridized carbons (Fsp3) is 0.429. The second kappa shape index (κ2) is 6.76. The van der Waals surface area contributed by atoms with Crippen molar-refractivity contribution >= 4 is 34.6 Å². The van der Waals surface area contributed by atoms with Crippen molar-refractivity contribution in [3.63, 3.8) is 0 Å². The SMILES string of the molecule is COc1cn(C2=C(C(=O)OCOC(C)=O)N3C(=O)[C@H](CO)[C@H]3S2)cn1. The number of rotatable bonds is 6. The molecular formula is C14H15N3O7S. The molecule has 1 aromatic heterocycles. The van der Waals surface area contributed by atoms with Crippen LogP contribution in [0, 0.1) is 5.92 Å². The molecule has 2 aliphatic heterocycles. The maximum Gasteiger partial charge on any atom is 0.360 e. The Hall–Kier alpha value is -2.53. The van der Waals surface area contributed by atoms with Crippen molar-refractivity contribution in [2.75, 3.05) is 20.5 Å². The lowest BCUT2D eigenvalue weighted by Gasteiger charge is -2.41. The van der Waals surface area contributed by atoms with Gasteiger partial charge >= 0.3 is 11.9 Å². The van der Waals surface area contributed by atoms with Gasteiger partial charge in [0.25, 0.3) is 0 Å². The molecule has 0 spiro atoms. The number of amides is 1. The standard InChI is InChI=1S/C14H15N3O7S/c1-7(19)23-6-24-14(21)10-13(16-3-9(22-2)15-5-16)25-12-8(4-18)11(20)17(10)12/h3,5,8,12,18H,4,6H2,1-2H3/t8-,12+/m0/s1. The van der Waals surface area contributed by atoms with Crippen LogP contribution in [0.2, 0.25) is 0 Å². The number of β-lactam (4-membered cyclic amide) rings is 1. The van der Waals surface area contributed by atoms with Crippen molar-refractivity contribution in [1.82, 2.24) is 14.5 Å². The van der Waals surface area contributed by atoms with E-state index in [0.29, 0.717) is 10.9 Å². The highest BCUT2D eigenvalue weighted by molar-refractivity contribution is 8.08. The zero-order valence-corrected chi connectivity index (χ0v) is 14.2. The molecule has 10 nitrogen and oxygen atoms in total. The molecule has 1 N–H and O–H groups in total. The van der Waals surface area contributed by atoms with Gasteiger partial charge in [0.1, 0.15) is 16.7 Å². The van der Waals surface area contributed by atoms with Gasteiger partial charge in [-0.15, -0.1) is 0 Å². The normalized spacial score (nSPS) is 21.7. The predicted octanol–water partition coefficient (Wildman–Crippen LogP) is -0.395. The Morgan fingerprint density at radius 1 is 1.40 bits per heavy atom. The van der Waals surface area contributed by atoms with Crippen molar-refractivity contribution in [3.8, 4) is 5.88 Å². The second-order valence-corrected chi connectivity index (χ2v) is 6.27. The Morgan fingerprint density at radius 3 is 2.76 bits per heavy atom. The highest BCUT2D eigenvalue weighted by atomic mass is 32.2. The van der Waals surface area contributed by atoms with E-state index in [1.165, 1.54) is 41.6 Å². The number of hydrogen-bond acceptors (Lipinski definition) is 9. The lowest BCUT2D eigenvalue weighted by atomic mass is 9.98. The zero-order valence-electron chi connectivity index (χ0n) is 13.4. The van der Waals surface area contributed by atoms with Gasteiger partial charge in [0.15, 0.2) is 5.70 Å². The first-order chi connectivity index (χ1) is 12.0. The lowest BCUT2D eigenvalue weighted by Crippen LogP contribution is -2.58. The molecule has 3 rings (SSSR count). The van der Waals surface area contributed by atoms with Crippen LogP contribution in [-0.2, 0) is 23.9 Å². The molecule has 11 heteroatoms. The number of fused-ring (bicyclic) bond motifs is 1. The van der Waals surface area contributed by atoms with Gasteiger partial charge in [-0.2, -0.15) is 0 Å². The van der Waals surface area contributed by atoms with Gasteiger partial charge in [0.2, 0.25) is 18.6 Å². The largest absolute Gasteiger partial charge is 0.480 e. The minimum absolute atomic E-state index is 0.0110. The van der Waals surface area contributed by atoms with Crippen LogP contribution in [0.25, 0.3) is 5.03 Å². The van der Waals surface area contributed by atoms with E-state index in [9.17, 15) is 19.5 Å². The van der Waals surface area contributed by atoms with Crippen molar-refractivity contribution in [3.05, 3.63) is 18.2 Å². The molecule has 25 heavy (non-hydrogen) atoms. The predicted molar refractivity (Wildman–Crippen MR) is 83.5 cm³/mol. The zero-order chi connectivity index (χ0) is 18.1. The molecule has 0 unspecified atom stereocenters.